The van der Waals surface area contributed by atoms with Crippen molar-refractivity contribution in [2.24, 2.45) is 0 Å². The maximum absolute atomic E-state index is 10.5. The van der Waals surface area contributed by atoms with Crippen molar-refractivity contribution in [2.75, 3.05) is 0 Å². The lowest BCUT2D eigenvalue weighted by atomic mass is 10.1. The molecule has 1 aromatic heterocycles. The molecule has 16 heavy (non-hydrogen) atoms. The highest BCUT2D eigenvalue weighted by molar-refractivity contribution is 5.75. The molecule has 0 atom stereocenters. The number of nitrogens with zero attached hydrogens (tertiary/aromatic N) is 2. The van der Waals surface area contributed by atoms with Crippen LogP contribution in [-0.4, -0.2) is 11.3 Å². The minimum absolute atomic E-state index is 0.542. The number of aromatic nitrogens is 1. The van der Waals surface area contributed by atoms with Crippen LogP contribution in [0.25, 0.3) is 11.3 Å². The molecule has 0 aliphatic rings. The number of rotatable bonds is 2. The van der Waals surface area contributed by atoms with Gasteiger partial charge >= 0.3 is 0 Å². The monoisotopic (exact) mass is 208 g/mol. The molecule has 0 saturated heterocycles. The van der Waals surface area contributed by atoms with Crippen LogP contribution < -0.4 is 0 Å². The molecular formula is C13H8N2O. The van der Waals surface area contributed by atoms with Crippen LogP contribution in [0.3, 0.4) is 0 Å². The highest BCUT2D eigenvalue weighted by Gasteiger charge is 2.00. The Morgan fingerprint density at radius 1 is 1.25 bits per heavy atom. The third kappa shape index (κ3) is 1.96. The molecule has 0 bridgehead atoms. The highest BCUT2D eigenvalue weighted by Crippen LogP contribution is 2.17. The van der Waals surface area contributed by atoms with E-state index < -0.39 is 0 Å². The third-order valence-corrected chi connectivity index (χ3v) is 2.21. The van der Waals surface area contributed by atoms with Crippen LogP contribution in [0.15, 0.2) is 42.6 Å². The number of benzene rings is 1. The van der Waals surface area contributed by atoms with Crippen molar-refractivity contribution in [3.63, 3.8) is 0 Å². The number of aldehydes is 1. The van der Waals surface area contributed by atoms with Gasteiger partial charge < -0.3 is 0 Å². The predicted octanol–water partition coefficient (Wildman–Crippen LogP) is 2.43. The van der Waals surface area contributed by atoms with E-state index in [9.17, 15) is 4.79 Å². The minimum atomic E-state index is 0.542. The van der Waals surface area contributed by atoms with Gasteiger partial charge in [-0.25, -0.2) is 0 Å². The number of hydrogen-bond acceptors (Lipinski definition) is 3. The van der Waals surface area contributed by atoms with Crippen molar-refractivity contribution < 1.29 is 4.79 Å². The molecule has 0 aliphatic carbocycles. The molecule has 0 spiro atoms. The maximum Gasteiger partial charge on any atom is 0.151 e. The standard InChI is InChI=1S/C13H8N2O/c14-7-10-2-1-3-12(6-10)13-5-4-11(9-16)8-15-13/h1-6,8-9H. The molecule has 0 radical (unpaired) electrons. The summed E-state index contributed by atoms with van der Waals surface area (Å²) in [6, 6.07) is 12.7. The summed E-state index contributed by atoms with van der Waals surface area (Å²) < 4.78 is 0. The minimum Gasteiger partial charge on any atom is -0.298 e. The van der Waals surface area contributed by atoms with Gasteiger partial charge in [-0.05, 0) is 24.3 Å². The Labute approximate surface area is 93.0 Å². The summed E-state index contributed by atoms with van der Waals surface area (Å²) in [5.74, 6) is 0. The van der Waals surface area contributed by atoms with Gasteiger partial charge in [0, 0.05) is 17.3 Å². The number of carbonyl (C=O) groups is 1. The van der Waals surface area contributed by atoms with E-state index in [4.69, 9.17) is 5.26 Å². The van der Waals surface area contributed by atoms with Crippen LogP contribution in [0.1, 0.15) is 15.9 Å². The summed E-state index contributed by atoms with van der Waals surface area (Å²) in [5, 5.41) is 8.77. The molecule has 3 nitrogen and oxygen atoms in total. The van der Waals surface area contributed by atoms with Crippen LogP contribution in [0, 0.1) is 11.3 Å². The zero-order valence-electron chi connectivity index (χ0n) is 8.42. The van der Waals surface area contributed by atoms with Crippen molar-refractivity contribution in [3.05, 3.63) is 53.7 Å². The quantitative estimate of drug-likeness (QED) is 0.712. The fraction of sp³-hybridized carbons (Fsp3) is 0. The number of pyridine rings is 1. The van der Waals surface area contributed by atoms with Gasteiger partial charge in [-0.2, -0.15) is 5.26 Å². The van der Waals surface area contributed by atoms with Crippen molar-refractivity contribution in [2.45, 2.75) is 0 Å². The Morgan fingerprint density at radius 2 is 2.12 bits per heavy atom. The van der Waals surface area contributed by atoms with Gasteiger partial charge in [0.25, 0.3) is 0 Å². The molecule has 0 saturated carbocycles. The van der Waals surface area contributed by atoms with Crippen LogP contribution in [0.4, 0.5) is 0 Å². The van der Waals surface area contributed by atoms with Crippen molar-refractivity contribution in [1.29, 1.82) is 5.26 Å². The smallest absolute Gasteiger partial charge is 0.151 e. The molecule has 76 valence electrons. The predicted molar refractivity (Wildman–Crippen MR) is 59.8 cm³/mol. The first-order chi connectivity index (χ1) is 7.83. The van der Waals surface area contributed by atoms with E-state index in [1.54, 1.807) is 24.3 Å². The summed E-state index contributed by atoms with van der Waals surface area (Å²) >= 11 is 0. The van der Waals surface area contributed by atoms with Gasteiger partial charge in [0.2, 0.25) is 0 Å². The Morgan fingerprint density at radius 3 is 2.75 bits per heavy atom. The SMILES string of the molecule is N#Cc1cccc(-c2ccc(C=O)cn2)c1. The van der Waals surface area contributed by atoms with Crippen LogP contribution in [0.5, 0.6) is 0 Å². The van der Waals surface area contributed by atoms with E-state index in [2.05, 4.69) is 11.1 Å². The number of hydrogen-bond donors (Lipinski definition) is 0. The zero-order valence-corrected chi connectivity index (χ0v) is 8.42. The lowest BCUT2D eigenvalue weighted by Crippen LogP contribution is -1.87. The summed E-state index contributed by atoms with van der Waals surface area (Å²) in [4.78, 5) is 14.6. The number of nitriles is 1. The average Bonchev–Trinajstić information content (AvgIpc) is 2.39. The Bertz CT molecular complexity index is 553. The maximum atomic E-state index is 10.5. The first-order valence-electron chi connectivity index (χ1n) is 4.75. The van der Waals surface area contributed by atoms with Crippen LogP contribution in [0.2, 0.25) is 0 Å². The third-order valence-electron chi connectivity index (χ3n) is 2.21. The first kappa shape index (κ1) is 10.1. The van der Waals surface area contributed by atoms with E-state index in [1.165, 1.54) is 6.20 Å². The highest BCUT2D eigenvalue weighted by atomic mass is 16.1. The van der Waals surface area contributed by atoms with E-state index in [1.807, 2.05) is 12.1 Å². The van der Waals surface area contributed by atoms with Gasteiger partial charge in [0.1, 0.15) is 0 Å². The average molecular weight is 208 g/mol. The van der Waals surface area contributed by atoms with Crippen molar-refractivity contribution >= 4 is 6.29 Å². The fourth-order valence-corrected chi connectivity index (χ4v) is 1.39. The van der Waals surface area contributed by atoms with Crippen LogP contribution >= 0.6 is 0 Å². The molecule has 0 unspecified atom stereocenters. The molecular weight excluding hydrogens is 200 g/mol. The molecule has 0 aliphatic heterocycles. The molecule has 1 aromatic carbocycles. The van der Waals surface area contributed by atoms with Gasteiger partial charge in [0.15, 0.2) is 6.29 Å². The van der Waals surface area contributed by atoms with E-state index in [0.29, 0.717) is 11.1 Å². The molecule has 1 heterocycles. The number of carbonyl (C=O) groups excluding carboxylic acids is 1. The second-order valence-electron chi connectivity index (χ2n) is 3.29. The van der Waals surface area contributed by atoms with E-state index >= 15 is 0 Å². The lowest BCUT2D eigenvalue weighted by molar-refractivity contribution is 0.112. The Kier molecular flexibility index (Phi) is 2.75. The van der Waals surface area contributed by atoms with Gasteiger partial charge in [-0.1, -0.05) is 12.1 Å². The summed E-state index contributed by atoms with van der Waals surface area (Å²) in [6.07, 6.45) is 2.27. The normalized spacial score (nSPS) is 9.44. The Balaban J connectivity index is 2.42. The van der Waals surface area contributed by atoms with E-state index in [-0.39, 0.29) is 0 Å². The summed E-state index contributed by atoms with van der Waals surface area (Å²) in [5.41, 5.74) is 2.76. The van der Waals surface area contributed by atoms with Gasteiger partial charge in [0.05, 0.1) is 17.3 Å². The van der Waals surface area contributed by atoms with Crippen molar-refractivity contribution in [3.8, 4) is 17.3 Å². The van der Waals surface area contributed by atoms with Gasteiger partial charge in [-0.3, -0.25) is 9.78 Å². The van der Waals surface area contributed by atoms with Crippen molar-refractivity contribution in [1.82, 2.24) is 4.98 Å². The topological polar surface area (TPSA) is 53.8 Å². The van der Waals surface area contributed by atoms with E-state index in [0.717, 1.165) is 17.5 Å². The molecule has 3 heteroatoms. The van der Waals surface area contributed by atoms with Crippen LogP contribution in [-0.2, 0) is 0 Å². The largest absolute Gasteiger partial charge is 0.298 e. The molecule has 2 rings (SSSR count). The lowest BCUT2D eigenvalue weighted by Gasteiger charge is -2.00. The summed E-state index contributed by atoms with van der Waals surface area (Å²) in [7, 11) is 0. The summed E-state index contributed by atoms with van der Waals surface area (Å²) in [6.45, 7) is 0. The second-order valence-corrected chi connectivity index (χ2v) is 3.29. The van der Waals surface area contributed by atoms with Gasteiger partial charge in [-0.15, -0.1) is 0 Å². The fourth-order valence-electron chi connectivity index (χ4n) is 1.39. The molecule has 0 fully saturated rings. The first-order valence-corrected chi connectivity index (χ1v) is 4.75. The second kappa shape index (κ2) is 4.37. The molecule has 2 aromatic rings. The Hall–Kier alpha value is -2.47. The molecule has 0 N–H and O–H groups in total. The zero-order chi connectivity index (χ0) is 11.4. The molecule has 0 amide bonds.